The molecule has 0 N–H and O–H groups in total. The summed E-state index contributed by atoms with van der Waals surface area (Å²) in [6.07, 6.45) is 4.98. The van der Waals surface area contributed by atoms with E-state index in [9.17, 15) is 0 Å². The maximum atomic E-state index is 8.25. The number of nitrogens with zero attached hydrogens (tertiary/aromatic N) is 3. The number of hydrogen-bond acceptors (Lipinski definition) is 2. The second-order valence-electron chi connectivity index (χ2n) is 2.70. The first kappa shape index (κ1) is 10.7. The van der Waals surface area contributed by atoms with E-state index in [0.29, 0.717) is 5.69 Å². The maximum Gasteiger partial charge on any atom is 0.0381 e. The predicted molar refractivity (Wildman–Crippen MR) is 62.8 cm³/mol. The van der Waals surface area contributed by atoms with Crippen LogP contribution >= 0.6 is 12.6 Å². The molecular weight excluding hydrogens is 194 g/mol. The van der Waals surface area contributed by atoms with Crippen molar-refractivity contribution in [3.05, 3.63) is 46.3 Å². The van der Waals surface area contributed by atoms with Crippen molar-refractivity contribution in [3.8, 4) is 0 Å². The smallest absolute Gasteiger partial charge is 0.0381 e. The van der Waals surface area contributed by atoms with Crippen LogP contribution in [0, 0.1) is 0 Å². The van der Waals surface area contributed by atoms with Crippen molar-refractivity contribution in [2.75, 3.05) is 5.75 Å². The van der Waals surface area contributed by atoms with Gasteiger partial charge in [-0.2, -0.15) is 12.6 Å². The number of azide groups is 1. The van der Waals surface area contributed by atoms with Gasteiger partial charge in [0, 0.05) is 10.6 Å². The predicted octanol–water partition coefficient (Wildman–Crippen LogP) is 3.96. The van der Waals surface area contributed by atoms with Crippen molar-refractivity contribution < 1.29 is 0 Å². The first-order valence-corrected chi connectivity index (χ1v) is 4.92. The van der Waals surface area contributed by atoms with Gasteiger partial charge in [0.2, 0.25) is 0 Å². The van der Waals surface area contributed by atoms with Gasteiger partial charge in [0.25, 0.3) is 0 Å². The van der Waals surface area contributed by atoms with Crippen LogP contribution in [0.2, 0.25) is 0 Å². The summed E-state index contributed by atoms with van der Waals surface area (Å²) >= 11 is 4.10. The van der Waals surface area contributed by atoms with Crippen LogP contribution in [0.5, 0.6) is 0 Å². The molecule has 0 fully saturated rings. The molecule has 1 aromatic carbocycles. The SMILES string of the molecule is [N-]=[N+]=Nc1cccc(C=CCCS)c1. The molecule has 1 aromatic rings. The molecule has 1 rings (SSSR count). The lowest BCUT2D eigenvalue weighted by Gasteiger charge is -1.94. The summed E-state index contributed by atoms with van der Waals surface area (Å²) < 4.78 is 0. The molecule has 0 heterocycles. The molecule has 4 heteroatoms. The average Bonchev–Trinajstić information content (AvgIpc) is 2.19. The lowest BCUT2D eigenvalue weighted by molar-refractivity contribution is 1.26. The Bertz CT molecular complexity index is 367. The Kier molecular flexibility index (Phi) is 4.69. The topological polar surface area (TPSA) is 48.8 Å². The first-order chi connectivity index (χ1) is 6.86. The third-order valence-corrected chi connectivity index (χ3v) is 1.89. The van der Waals surface area contributed by atoms with Gasteiger partial charge in [-0.15, -0.1) is 0 Å². The van der Waals surface area contributed by atoms with Gasteiger partial charge in [-0.3, -0.25) is 0 Å². The van der Waals surface area contributed by atoms with Gasteiger partial charge in [0.05, 0.1) is 0 Å². The van der Waals surface area contributed by atoms with E-state index in [1.165, 1.54) is 0 Å². The fourth-order valence-corrected chi connectivity index (χ4v) is 1.19. The van der Waals surface area contributed by atoms with Crippen molar-refractivity contribution in [2.24, 2.45) is 5.11 Å². The molecule has 0 bridgehead atoms. The lowest BCUT2D eigenvalue weighted by atomic mass is 10.2. The van der Waals surface area contributed by atoms with Gasteiger partial charge in [0.1, 0.15) is 0 Å². The van der Waals surface area contributed by atoms with Gasteiger partial charge < -0.3 is 0 Å². The third-order valence-electron chi connectivity index (χ3n) is 1.64. The number of rotatable bonds is 4. The third kappa shape index (κ3) is 3.56. The van der Waals surface area contributed by atoms with E-state index in [0.717, 1.165) is 17.7 Å². The summed E-state index contributed by atoms with van der Waals surface area (Å²) in [4.78, 5) is 2.73. The Hall–Kier alpha value is -1.38. The van der Waals surface area contributed by atoms with Crippen LogP contribution in [0.3, 0.4) is 0 Å². The Morgan fingerprint density at radius 1 is 1.50 bits per heavy atom. The quantitative estimate of drug-likeness (QED) is 0.335. The Balaban J connectivity index is 2.77. The second-order valence-corrected chi connectivity index (χ2v) is 3.15. The minimum Gasteiger partial charge on any atom is -0.179 e. The van der Waals surface area contributed by atoms with Crippen LogP contribution in [0.25, 0.3) is 16.5 Å². The fraction of sp³-hybridized carbons (Fsp3) is 0.200. The maximum absolute atomic E-state index is 8.25. The van der Waals surface area contributed by atoms with Gasteiger partial charge in [0.15, 0.2) is 0 Å². The molecule has 0 atom stereocenters. The van der Waals surface area contributed by atoms with E-state index in [1.54, 1.807) is 6.07 Å². The zero-order chi connectivity index (χ0) is 10.2. The van der Waals surface area contributed by atoms with Gasteiger partial charge in [-0.25, -0.2) is 0 Å². The highest BCUT2D eigenvalue weighted by molar-refractivity contribution is 7.80. The summed E-state index contributed by atoms with van der Waals surface area (Å²) in [6, 6.07) is 7.44. The van der Waals surface area contributed by atoms with Crippen molar-refractivity contribution >= 4 is 24.4 Å². The standard InChI is InChI=1S/C10H11N3S/c11-13-12-10-6-3-5-9(8-10)4-1-2-7-14/h1,3-6,8,14H,2,7H2. The van der Waals surface area contributed by atoms with Crippen molar-refractivity contribution in [1.29, 1.82) is 0 Å². The highest BCUT2D eigenvalue weighted by Crippen LogP contribution is 2.15. The molecule has 0 aliphatic heterocycles. The zero-order valence-electron chi connectivity index (χ0n) is 7.67. The Labute approximate surface area is 88.5 Å². The van der Waals surface area contributed by atoms with Crippen molar-refractivity contribution in [1.82, 2.24) is 0 Å². The number of benzene rings is 1. The molecule has 14 heavy (non-hydrogen) atoms. The van der Waals surface area contributed by atoms with Gasteiger partial charge >= 0.3 is 0 Å². The molecule has 72 valence electrons. The van der Waals surface area contributed by atoms with E-state index in [1.807, 2.05) is 30.4 Å². The van der Waals surface area contributed by atoms with Gasteiger partial charge in [-0.1, -0.05) is 35.5 Å². The molecule has 0 spiro atoms. The monoisotopic (exact) mass is 205 g/mol. The number of thiol groups is 1. The summed E-state index contributed by atoms with van der Waals surface area (Å²) in [5.41, 5.74) is 9.93. The molecule has 0 radical (unpaired) electrons. The van der Waals surface area contributed by atoms with Crippen LogP contribution in [0.1, 0.15) is 12.0 Å². The van der Waals surface area contributed by atoms with E-state index in [2.05, 4.69) is 22.7 Å². The molecule has 0 saturated heterocycles. The van der Waals surface area contributed by atoms with E-state index >= 15 is 0 Å². The minimum atomic E-state index is 0.639. The fourth-order valence-electron chi connectivity index (χ4n) is 1.04. The van der Waals surface area contributed by atoms with E-state index in [-0.39, 0.29) is 0 Å². The molecule has 0 unspecified atom stereocenters. The van der Waals surface area contributed by atoms with E-state index in [4.69, 9.17) is 5.53 Å². The molecule has 0 aromatic heterocycles. The highest BCUT2D eigenvalue weighted by atomic mass is 32.1. The number of hydrogen-bond donors (Lipinski definition) is 1. The normalized spacial score (nSPS) is 10.1. The van der Waals surface area contributed by atoms with Crippen LogP contribution < -0.4 is 0 Å². The lowest BCUT2D eigenvalue weighted by Crippen LogP contribution is -1.71. The second kappa shape index (κ2) is 6.13. The Morgan fingerprint density at radius 2 is 2.36 bits per heavy atom. The molecule has 0 aliphatic rings. The summed E-state index contributed by atoms with van der Waals surface area (Å²) in [7, 11) is 0. The average molecular weight is 205 g/mol. The molecule has 3 nitrogen and oxygen atoms in total. The molecule has 0 saturated carbocycles. The molecule has 0 aliphatic carbocycles. The minimum absolute atomic E-state index is 0.639. The Morgan fingerprint density at radius 3 is 3.07 bits per heavy atom. The van der Waals surface area contributed by atoms with Crippen LogP contribution in [-0.4, -0.2) is 5.75 Å². The summed E-state index contributed by atoms with van der Waals surface area (Å²) in [5.74, 6) is 0.840. The van der Waals surface area contributed by atoms with Crippen LogP contribution in [-0.2, 0) is 0 Å². The summed E-state index contributed by atoms with van der Waals surface area (Å²) in [5, 5.41) is 3.53. The largest absolute Gasteiger partial charge is 0.179 e. The highest BCUT2D eigenvalue weighted by Gasteiger charge is 1.89. The van der Waals surface area contributed by atoms with E-state index < -0.39 is 0 Å². The molecule has 0 amide bonds. The zero-order valence-corrected chi connectivity index (χ0v) is 8.56. The van der Waals surface area contributed by atoms with Crippen LogP contribution in [0.4, 0.5) is 5.69 Å². The number of allylic oxidation sites excluding steroid dienone is 1. The molecular formula is C10H11N3S. The van der Waals surface area contributed by atoms with Gasteiger partial charge in [-0.05, 0) is 29.3 Å². The first-order valence-electron chi connectivity index (χ1n) is 4.29. The van der Waals surface area contributed by atoms with Crippen LogP contribution in [0.15, 0.2) is 35.5 Å². The summed E-state index contributed by atoms with van der Waals surface area (Å²) in [6.45, 7) is 0. The van der Waals surface area contributed by atoms with Crippen molar-refractivity contribution in [2.45, 2.75) is 6.42 Å². The van der Waals surface area contributed by atoms with Crippen molar-refractivity contribution in [3.63, 3.8) is 0 Å².